The van der Waals surface area contributed by atoms with Crippen molar-refractivity contribution in [1.82, 2.24) is 14.9 Å². The quantitative estimate of drug-likeness (QED) is 0.362. The van der Waals surface area contributed by atoms with Crippen molar-refractivity contribution in [3.63, 3.8) is 0 Å². The van der Waals surface area contributed by atoms with E-state index in [9.17, 15) is 9.59 Å². The minimum absolute atomic E-state index is 0.165. The summed E-state index contributed by atoms with van der Waals surface area (Å²) >= 11 is 13.9. The smallest absolute Gasteiger partial charge is 0.326 e. The topological polar surface area (TPSA) is 81.6 Å². The molecule has 0 saturated carbocycles. The van der Waals surface area contributed by atoms with Gasteiger partial charge >= 0.3 is 5.97 Å². The third-order valence-electron chi connectivity index (χ3n) is 4.24. The number of rotatable bonds is 5. The van der Waals surface area contributed by atoms with E-state index in [4.69, 9.17) is 32.7 Å². The van der Waals surface area contributed by atoms with Crippen molar-refractivity contribution in [2.45, 2.75) is 38.1 Å². The first-order valence-electron chi connectivity index (χ1n) is 9.03. The predicted molar refractivity (Wildman–Crippen MR) is 116 cm³/mol. The van der Waals surface area contributed by atoms with Gasteiger partial charge in [-0.2, -0.15) is 0 Å². The first kappa shape index (κ1) is 22.7. The second-order valence-electron chi connectivity index (χ2n) is 7.60. The van der Waals surface area contributed by atoms with Gasteiger partial charge in [0.25, 0.3) is 5.91 Å². The van der Waals surface area contributed by atoms with Gasteiger partial charge in [-0.05, 0) is 39.2 Å². The molecule has 30 heavy (non-hydrogen) atoms. The van der Waals surface area contributed by atoms with E-state index in [0.29, 0.717) is 37.8 Å². The Balaban J connectivity index is 2.03. The second-order valence-corrected chi connectivity index (χ2v) is 9.19. The molecule has 10 heteroatoms. The molecule has 0 N–H and O–H groups in total. The number of benzene rings is 1. The van der Waals surface area contributed by atoms with Gasteiger partial charge in [-0.25, -0.2) is 9.97 Å². The molecule has 2 aromatic rings. The van der Waals surface area contributed by atoms with E-state index in [-0.39, 0.29) is 24.7 Å². The number of methoxy groups -OCH3 is 1. The van der Waals surface area contributed by atoms with E-state index >= 15 is 0 Å². The zero-order chi connectivity index (χ0) is 22.2. The lowest BCUT2D eigenvalue weighted by molar-refractivity contribution is -0.155. The number of hydrogen-bond donors (Lipinski definition) is 0. The highest BCUT2D eigenvalue weighted by atomic mass is 35.5. The van der Waals surface area contributed by atoms with Crippen LogP contribution in [0, 0.1) is 0 Å². The van der Waals surface area contributed by atoms with E-state index in [1.807, 2.05) is 6.26 Å². The number of ether oxygens (including phenoxy) is 2. The monoisotopic (exact) mass is 469 g/mol. The van der Waals surface area contributed by atoms with Crippen molar-refractivity contribution in [2.24, 2.45) is 0 Å². The molecule has 0 saturated heterocycles. The van der Waals surface area contributed by atoms with Crippen molar-refractivity contribution >= 4 is 46.8 Å². The summed E-state index contributed by atoms with van der Waals surface area (Å²) in [7, 11) is 1.50. The summed E-state index contributed by atoms with van der Waals surface area (Å²) in [5.41, 5.74) is 1.27. The summed E-state index contributed by atoms with van der Waals surface area (Å²) in [5, 5.41) is 1.15. The first-order valence-corrected chi connectivity index (χ1v) is 11.0. The lowest BCUT2D eigenvalue weighted by Crippen LogP contribution is -2.35. The molecule has 1 aliphatic heterocycles. The Hall–Kier alpha value is -2.03. The van der Waals surface area contributed by atoms with E-state index in [0.717, 1.165) is 0 Å². The van der Waals surface area contributed by atoms with Crippen LogP contribution in [0.2, 0.25) is 10.0 Å². The summed E-state index contributed by atoms with van der Waals surface area (Å²) in [5.74, 6) is -0.412. The van der Waals surface area contributed by atoms with Crippen LogP contribution in [-0.2, 0) is 16.1 Å². The summed E-state index contributed by atoms with van der Waals surface area (Å²) in [6.45, 7) is 5.30. The predicted octanol–water partition coefficient (Wildman–Crippen LogP) is 4.48. The Labute approximate surface area is 189 Å². The molecule has 7 nitrogen and oxygen atoms in total. The van der Waals surface area contributed by atoms with E-state index in [1.54, 1.807) is 32.9 Å². The molecule has 0 radical (unpaired) electrons. The van der Waals surface area contributed by atoms with Crippen LogP contribution in [0.25, 0.3) is 11.3 Å². The SMILES string of the molecule is COc1cc(-c2nc(SC)nc3c2CN(CC(=O)OC(C)(C)C)C3=O)c(Cl)cc1Cl. The van der Waals surface area contributed by atoms with Gasteiger partial charge < -0.3 is 14.4 Å². The maximum absolute atomic E-state index is 13.0. The molecular weight excluding hydrogens is 449 g/mol. The van der Waals surface area contributed by atoms with Gasteiger partial charge in [0.15, 0.2) is 5.16 Å². The highest BCUT2D eigenvalue weighted by Crippen LogP contribution is 2.40. The molecule has 0 spiro atoms. The minimum atomic E-state index is -0.642. The van der Waals surface area contributed by atoms with Gasteiger partial charge in [0, 0.05) is 11.1 Å². The number of fused-ring (bicyclic) bond motifs is 1. The van der Waals surface area contributed by atoms with E-state index in [2.05, 4.69) is 9.97 Å². The molecule has 0 unspecified atom stereocenters. The largest absolute Gasteiger partial charge is 0.495 e. The molecule has 0 bridgehead atoms. The van der Waals surface area contributed by atoms with Crippen molar-refractivity contribution in [1.29, 1.82) is 0 Å². The van der Waals surface area contributed by atoms with Crippen LogP contribution in [0.4, 0.5) is 0 Å². The Bertz CT molecular complexity index is 1020. The van der Waals surface area contributed by atoms with E-state index < -0.39 is 11.6 Å². The fourth-order valence-electron chi connectivity index (χ4n) is 3.04. The third-order valence-corrected chi connectivity index (χ3v) is 5.40. The number of amides is 1. The minimum Gasteiger partial charge on any atom is -0.495 e. The third kappa shape index (κ3) is 4.66. The lowest BCUT2D eigenvalue weighted by Gasteiger charge is -2.22. The number of thioether (sulfide) groups is 1. The lowest BCUT2D eigenvalue weighted by atomic mass is 10.1. The van der Waals surface area contributed by atoms with Crippen LogP contribution in [0.5, 0.6) is 5.75 Å². The molecule has 160 valence electrons. The molecule has 0 aliphatic carbocycles. The molecule has 0 atom stereocenters. The highest BCUT2D eigenvalue weighted by Gasteiger charge is 2.35. The van der Waals surface area contributed by atoms with Gasteiger partial charge in [-0.3, -0.25) is 9.59 Å². The molecule has 1 amide bonds. The number of carbonyl (C=O) groups is 2. The second kappa shape index (κ2) is 8.61. The fraction of sp³-hybridized carbons (Fsp3) is 0.400. The number of aromatic nitrogens is 2. The van der Waals surface area contributed by atoms with Crippen LogP contribution in [0.15, 0.2) is 17.3 Å². The molecular formula is C20H21Cl2N3O4S. The van der Waals surface area contributed by atoms with Crippen LogP contribution < -0.4 is 4.74 Å². The van der Waals surface area contributed by atoms with Gasteiger partial charge in [-0.15, -0.1) is 0 Å². The summed E-state index contributed by atoms with van der Waals surface area (Å²) in [6, 6.07) is 3.25. The van der Waals surface area contributed by atoms with Gasteiger partial charge in [0.05, 0.1) is 29.4 Å². The number of carbonyl (C=O) groups excluding carboxylic acids is 2. The van der Waals surface area contributed by atoms with Crippen molar-refractivity contribution < 1.29 is 19.1 Å². The van der Waals surface area contributed by atoms with Gasteiger partial charge in [0.2, 0.25) is 0 Å². The molecule has 2 heterocycles. The molecule has 0 fully saturated rings. The van der Waals surface area contributed by atoms with E-state index in [1.165, 1.54) is 23.8 Å². The maximum Gasteiger partial charge on any atom is 0.326 e. The Kier molecular flexibility index (Phi) is 6.50. The average Bonchev–Trinajstić information content (AvgIpc) is 2.95. The Morgan fingerprint density at radius 2 is 1.87 bits per heavy atom. The Morgan fingerprint density at radius 1 is 1.20 bits per heavy atom. The number of halogens is 2. The Morgan fingerprint density at radius 3 is 2.47 bits per heavy atom. The van der Waals surface area contributed by atoms with Crippen molar-refractivity contribution in [2.75, 3.05) is 19.9 Å². The molecule has 3 rings (SSSR count). The number of esters is 1. The van der Waals surface area contributed by atoms with Crippen LogP contribution in [-0.4, -0.2) is 52.3 Å². The molecule has 1 aromatic heterocycles. The first-order chi connectivity index (χ1) is 14.0. The average molecular weight is 470 g/mol. The van der Waals surface area contributed by atoms with Crippen molar-refractivity contribution in [3.8, 4) is 17.0 Å². The fourth-order valence-corrected chi connectivity index (χ4v) is 3.96. The standard InChI is InChI=1S/C20H21Cl2N3O4S/c1-20(2,3)29-15(26)9-25-8-11-16(23-19(30-5)24-17(11)18(25)27)10-6-14(28-4)13(22)7-12(10)21/h6-7H,8-9H2,1-5H3. The number of nitrogens with zero attached hydrogens (tertiary/aromatic N) is 3. The molecule has 1 aromatic carbocycles. The zero-order valence-electron chi connectivity index (χ0n) is 17.2. The van der Waals surface area contributed by atoms with Gasteiger partial charge in [0.1, 0.15) is 23.6 Å². The normalized spacial score (nSPS) is 13.4. The maximum atomic E-state index is 13.0. The van der Waals surface area contributed by atoms with Crippen LogP contribution >= 0.6 is 35.0 Å². The zero-order valence-corrected chi connectivity index (χ0v) is 19.5. The summed E-state index contributed by atoms with van der Waals surface area (Å²) in [4.78, 5) is 35.5. The highest BCUT2D eigenvalue weighted by molar-refractivity contribution is 7.98. The molecule has 1 aliphatic rings. The van der Waals surface area contributed by atoms with Crippen molar-refractivity contribution in [3.05, 3.63) is 33.4 Å². The van der Waals surface area contributed by atoms with Crippen LogP contribution in [0.3, 0.4) is 0 Å². The summed E-state index contributed by atoms with van der Waals surface area (Å²) < 4.78 is 10.6. The summed E-state index contributed by atoms with van der Waals surface area (Å²) in [6.07, 6.45) is 1.81. The van der Waals surface area contributed by atoms with Gasteiger partial charge in [-0.1, -0.05) is 35.0 Å². The van der Waals surface area contributed by atoms with Crippen LogP contribution in [0.1, 0.15) is 36.8 Å². The number of hydrogen-bond acceptors (Lipinski definition) is 7.